The van der Waals surface area contributed by atoms with Crippen LogP contribution >= 0.6 is 11.3 Å². The number of nitrogens with zero attached hydrogens (tertiary/aromatic N) is 2. The molecule has 0 saturated heterocycles. The SMILES string of the molecule is COC(=O)CCN(CC(C)C)C(=O)c1csc(C)n1. The zero-order valence-electron chi connectivity index (χ0n) is 11.8. The highest BCUT2D eigenvalue weighted by atomic mass is 32.1. The van der Waals surface area contributed by atoms with Crippen molar-refractivity contribution < 1.29 is 14.3 Å². The van der Waals surface area contributed by atoms with Crippen LogP contribution in [-0.2, 0) is 9.53 Å². The summed E-state index contributed by atoms with van der Waals surface area (Å²) in [5.41, 5.74) is 0.452. The third kappa shape index (κ3) is 4.98. The van der Waals surface area contributed by atoms with Gasteiger partial charge in [-0.25, -0.2) is 4.98 Å². The fourth-order valence-electron chi connectivity index (χ4n) is 1.67. The summed E-state index contributed by atoms with van der Waals surface area (Å²) in [6.45, 7) is 6.89. The Balaban J connectivity index is 2.72. The lowest BCUT2D eigenvalue weighted by atomic mass is 10.2. The Morgan fingerprint density at radius 2 is 2.16 bits per heavy atom. The molecule has 0 aromatic carbocycles. The first kappa shape index (κ1) is 15.6. The minimum atomic E-state index is -0.309. The number of ether oxygens (including phenoxy) is 1. The van der Waals surface area contributed by atoms with E-state index in [0.29, 0.717) is 24.7 Å². The van der Waals surface area contributed by atoms with Crippen molar-refractivity contribution in [1.29, 1.82) is 0 Å². The molecule has 0 spiro atoms. The normalized spacial score (nSPS) is 10.6. The van der Waals surface area contributed by atoms with E-state index in [0.717, 1.165) is 5.01 Å². The van der Waals surface area contributed by atoms with Gasteiger partial charge in [0.1, 0.15) is 5.69 Å². The summed E-state index contributed by atoms with van der Waals surface area (Å²) in [6.07, 6.45) is 0.206. The first-order chi connectivity index (χ1) is 8.93. The molecular weight excluding hydrogens is 264 g/mol. The Morgan fingerprint density at radius 1 is 1.47 bits per heavy atom. The molecule has 0 bridgehead atoms. The van der Waals surface area contributed by atoms with Crippen molar-refractivity contribution in [3.05, 3.63) is 16.1 Å². The molecule has 5 nitrogen and oxygen atoms in total. The van der Waals surface area contributed by atoms with Crippen LogP contribution in [0.15, 0.2) is 5.38 Å². The van der Waals surface area contributed by atoms with Crippen LogP contribution in [0.3, 0.4) is 0 Å². The van der Waals surface area contributed by atoms with E-state index in [2.05, 4.69) is 9.72 Å². The second-order valence-corrected chi connectivity index (χ2v) is 5.79. The van der Waals surface area contributed by atoms with Crippen LogP contribution in [0, 0.1) is 12.8 Å². The van der Waals surface area contributed by atoms with E-state index >= 15 is 0 Å². The number of hydrogen-bond acceptors (Lipinski definition) is 5. The molecule has 106 valence electrons. The molecule has 0 atom stereocenters. The van der Waals surface area contributed by atoms with Crippen LogP contribution in [0.5, 0.6) is 0 Å². The second kappa shape index (κ2) is 7.23. The van der Waals surface area contributed by atoms with E-state index in [1.807, 2.05) is 20.8 Å². The maximum atomic E-state index is 12.3. The average Bonchev–Trinajstić information content (AvgIpc) is 2.79. The molecule has 0 aliphatic rings. The first-order valence-corrected chi connectivity index (χ1v) is 7.10. The van der Waals surface area contributed by atoms with E-state index in [-0.39, 0.29) is 18.3 Å². The van der Waals surface area contributed by atoms with Gasteiger partial charge in [0.25, 0.3) is 5.91 Å². The Hall–Kier alpha value is -1.43. The van der Waals surface area contributed by atoms with E-state index in [9.17, 15) is 9.59 Å². The lowest BCUT2D eigenvalue weighted by Crippen LogP contribution is -2.36. The van der Waals surface area contributed by atoms with Crippen molar-refractivity contribution in [3.8, 4) is 0 Å². The van der Waals surface area contributed by atoms with Crippen LogP contribution in [0.4, 0.5) is 0 Å². The van der Waals surface area contributed by atoms with Gasteiger partial charge >= 0.3 is 5.97 Å². The standard InChI is InChI=1S/C13H20N2O3S/c1-9(2)7-15(6-5-12(16)18-4)13(17)11-8-19-10(3)14-11/h8-9H,5-7H2,1-4H3. The first-order valence-electron chi connectivity index (χ1n) is 6.22. The molecule has 0 saturated carbocycles. The van der Waals surface area contributed by atoms with Gasteiger partial charge in [-0.2, -0.15) is 0 Å². The number of methoxy groups -OCH3 is 1. The molecule has 1 amide bonds. The Kier molecular flexibility index (Phi) is 5.95. The lowest BCUT2D eigenvalue weighted by molar-refractivity contribution is -0.140. The molecule has 0 aliphatic heterocycles. The third-order valence-corrected chi connectivity index (χ3v) is 3.30. The zero-order valence-corrected chi connectivity index (χ0v) is 12.6. The second-order valence-electron chi connectivity index (χ2n) is 4.72. The van der Waals surface area contributed by atoms with Crippen molar-refractivity contribution >= 4 is 23.2 Å². The summed E-state index contributed by atoms with van der Waals surface area (Å²) in [5.74, 6) is -0.0979. The molecule has 0 fully saturated rings. The molecule has 1 aromatic heterocycles. The molecule has 0 unspecified atom stereocenters. The summed E-state index contributed by atoms with van der Waals surface area (Å²) in [5, 5.41) is 2.61. The van der Waals surface area contributed by atoms with Gasteiger partial charge in [0, 0.05) is 18.5 Å². The van der Waals surface area contributed by atoms with Crippen LogP contribution < -0.4 is 0 Å². The van der Waals surface area contributed by atoms with Crippen molar-refractivity contribution in [2.24, 2.45) is 5.92 Å². The van der Waals surface area contributed by atoms with Crippen molar-refractivity contribution in [3.63, 3.8) is 0 Å². The predicted octanol–water partition coefficient (Wildman–Crippen LogP) is 2.11. The van der Waals surface area contributed by atoms with Crippen LogP contribution in [0.2, 0.25) is 0 Å². The van der Waals surface area contributed by atoms with Crippen LogP contribution in [-0.4, -0.2) is 42.0 Å². The number of esters is 1. The number of thiazole rings is 1. The molecule has 1 rings (SSSR count). The topological polar surface area (TPSA) is 59.5 Å². The minimum Gasteiger partial charge on any atom is -0.469 e. The number of hydrogen-bond donors (Lipinski definition) is 0. The van der Waals surface area contributed by atoms with Gasteiger partial charge in [-0.05, 0) is 12.8 Å². The molecule has 19 heavy (non-hydrogen) atoms. The molecule has 6 heteroatoms. The predicted molar refractivity (Wildman–Crippen MR) is 74.2 cm³/mol. The van der Waals surface area contributed by atoms with Gasteiger partial charge in [0.05, 0.1) is 18.5 Å². The highest BCUT2D eigenvalue weighted by molar-refractivity contribution is 7.09. The minimum absolute atomic E-state index is 0.123. The maximum absolute atomic E-state index is 12.3. The number of carbonyl (C=O) groups excluding carboxylic acids is 2. The van der Waals surface area contributed by atoms with Gasteiger partial charge in [0.2, 0.25) is 0 Å². The van der Waals surface area contributed by atoms with Crippen molar-refractivity contribution in [2.75, 3.05) is 20.2 Å². The zero-order chi connectivity index (χ0) is 14.4. The molecule has 0 radical (unpaired) electrons. The highest BCUT2D eigenvalue weighted by Crippen LogP contribution is 2.12. The number of carbonyl (C=O) groups is 2. The van der Waals surface area contributed by atoms with E-state index in [1.54, 1.807) is 10.3 Å². The molecule has 0 N–H and O–H groups in total. The Morgan fingerprint density at radius 3 is 2.63 bits per heavy atom. The molecule has 1 heterocycles. The van der Waals surface area contributed by atoms with E-state index in [1.165, 1.54) is 18.4 Å². The molecular formula is C13H20N2O3S. The number of aryl methyl sites for hydroxylation is 1. The molecule has 0 aliphatic carbocycles. The van der Waals surface area contributed by atoms with Gasteiger partial charge < -0.3 is 9.64 Å². The Labute approximate surface area is 117 Å². The monoisotopic (exact) mass is 284 g/mol. The van der Waals surface area contributed by atoms with Gasteiger partial charge in [0.15, 0.2) is 0 Å². The Bertz CT molecular complexity index is 443. The van der Waals surface area contributed by atoms with Crippen LogP contribution in [0.1, 0.15) is 35.8 Å². The fourth-order valence-corrected chi connectivity index (χ4v) is 2.26. The number of rotatable bonds is 6. The summed E-state index contributed by atoms with van der Waals surface area (Å²) < 4.78 is 4.60. The smallest absolute Gasteiger partial charge is 0.307 e. The molecule has 1 aromatic rings. The van der Waals surface area contributed by atoms with E-state index < -0.39 is 0 Å². The summed E-state index contributed by atoms with van der Waals surface area (Å²) in [4.78, 5) is 29.4. The summed E-state index contributed by atoms with van der Waals surface area (Å²) in [6, 6.07) is 0. The largest absolute Gasteiger partial charge is 0.469 e. The van der Waals surface area contributed by atoms with Crippen molar-refractivity contribution in [2.45, 2.75) is 27.2 Å². The fraction of sp³-hybridized carbons (Fsp3) is 0.615. The summed E-state index contributed by atoms with van der Waals surface area (Å²) in [7, 11) is 1.35. The van der Waals surface area contributed by atoms with Gasteiger partial charge in [-0.15, -0.1) is 11.3 Å². The quantitative estimate of drug-likeness (QED) is 0.751. The average molecular weight is 284 g/mol. The van der Waals surface area contributed by atoms with E-state index in [4.69, 9.17) is 0 Å². The highest BCUT2D eigenvalue weighted by Gasteiger charge is 2.20. The number of amides is 1. The third-order valence-electron chi connectivity index (χ3n) is 2.52. The maximum Gasteiger partial charge on any atom is 0.307 e. The van der Waals surface area contributed by atoms with Crippen molar-refractivity contribution in [1.82, 2.24) is 9.88 Å². The summed E-state index contributed by atoms with van der Waals surface area (Å²) >= 11 is 1.45. The van der Waals surface area contributed by atoms with Gasteiger partial charge in [-0.3, -0.25) is 9.59 Å². The lowest BCUT2D eigenvalue weighted by Gasteiger charge is -2.23. The van der Waals surface area contributed by atoms with Crippen LogP contribution in [0.25, 0.3) is 0 Å². The van der Waals surface area contributed by atoms with Gasteiger partial charge in [-0.1, -0.05) is 13.8 Å². The number of aromatic nitrogens is 1.